The Labute approximate surface area is 126 Å². The van der Waals surface area contributed by atoms with Crippen molar-refractivity contribution < 1.29 is 0 Å². The molecular weight excluding hydrogens is 262 g/mol. The minimum absolute atomic E-state index is 0.363. The highest BCUT2D eigenvalue weighted by molar-refractivity contribution is 5.22. The highest BCUT2D eigenvalue weighted by Crippen LogP contribution is 2.37. The van der Waals surface area contributed by atoms with Crippen molar-refractivity contribution in [2.24, 2.45) is 17.6 Å². The van der Waals surface area contributed by atoms with Gasteiger partial charge in [-0.2, -0.15) is 0 Å². The molecule has 2 heterocycles. The minimum atomic E-state index is 0.363. The maximum absolute atomic E-state index is 6.21. The number of rotatable bonds is 2. The zero-order chi connectivity index (χ0) is 14.2. The summed E-state index contributed by atoms with van der Waals surface area (Å²) in [6.45, 7) is 0.997. The Morgan fingerprint density at radius 3 is 2.67 bits per heavy atom. The number of hydrogen-bond acceptors (Lipinski definition) is 5. The van der Waals surface area contributed by atoms with Gasteiger partial charge in [0.1, 0.15) is 0 Å². The van der Waals surface area contributed by atoms with Gasteiger partial charge in [0.25, 0.3) is 0 Å². The zero-order valence-electron chi connectivity index (χ0n) is 12.3. The molecule has 0 amide bonds. The highest BCUT2D eigenvalue weighted by Gasteiger charge is 2.46. The molecule has 5 heteroatoms. The fraction of sp³-hybridized carbons (Fsp3) is 0.625. The molecule has 6 atom stereocenters. The summed E-state index contributed by atoms with van der Waals surface area (Å²) in [5, 5.41) is 0. The van der Waals surface area contributed by atoms with Gasteiger partial charge in [-0.25, -0.2) is 5.43 Å². The molecule has 0 spiro atoms. The van der Waals surface area contributed by atoms with Gasteiger partial charge in [-0.3, -0.25) is 16.3 Å². The predicted octanol–water partition coefficient (Wildman–Crippen LogP) is 0.424. The van der Waals surface area contributed by atoms with Crippen molar-refractivity contribution in [3.63, 3.8) is 0 Å². The van der Waals surface area contributed by atoms with Gasteiger partial charge in [0.2, 0.25) is 0 Å². The van der Waals surface area contributed by atoms with Gasteiger partial charge < -0.3 is 5.73 Å². The third-order valence-corrected chi connectivity index (χ3v) is 5.48. The Morgan fingerprint density at radius 2 is 1.81 bits per heavy atom. The summed E-state index contributed by atoms with van der Waals surface area (Å²) >= 11 is 0. The molecule has 2 aliphatic heterocycles. The van der Waals surface area contributed by atoms with E-state index >= 15 is 0 Å². The van der Waals surface area contributed by atoms with E-state index in [1.54, 1.807) is 0 Å². The molecule has 0 bridgehead atoms. The van der Waals surface area contributed by atoms with E-state index in [2.05, 4.69) is 52.0 Å². The van der Waals surface area contributed by atoms with Crippen LogP contribution in [0.1, 0.15) is 30.9 Å². The van der Waals surface area contributed by atoms with Crippen molar-refractivity contribution in [1.82, 2.24) is 21.7 Å². The molecular formula is C16H25N5. The molecule has 3 aliphatic rings. The Kier molecular flexibility index (Phi) is 3.69. The highest BCUT2D eigenvalue weighted by atomic mass is 15.5. The van der Waals surface area contributed by atoms with Crippen LogP contribution in [0.3, 0.4) is 0 Å². The van der Waals surface area contributed by atoms with Crippen LogP contribution in [0, 0.1) is 11.8 Å². The van der Waals surface area contributed by atoms with E-state index < -0.39 is 0 Å². The molecule has 1 aromatic rings. The molecule has 2 saturated heterocycles. The normalized spacial score (nSPS) is 42.9. The predicted molar refractivity (Wildman–Crippen MR) is 83.0 cm³/mol. The first-order chi connectivity index (χ1) is 10.3. The van der Waals surface area contributed by atoms with Crippen molar-refractivity contribution in [3.8, 4) is 0 Å². The molecule has 1 aromatic carbocycles. The maximum atomic E-state index is 6.21. The van der Waals surface area contributed by atoms with Gasteiger partial charge in [-0.05, 0) is 30.7 Å². The van der Waals surface area contributed by atoms with E-state index in [0.717, 1.165) is 19.4 Å². The number of hydrazine groups is 2. The lowest BCUT2D eigenvalue weighted by Crippen LogP contribution is -2.44. The Morgan fingerprint density at radius 1 is 0.952 bits per heavy atom. The molecule has 1 saturated carbocycles. The quantitative estimate of drug-likeness (QED) is 0.545. The van der Waals surface area contributed by atoms with Crippen LogP contribution in [-0.2, 0) is 0 Å². The lowest BCUT2D eigenvalue weighted by atomic mass is 9.74. The van der Waals surface area contributed by atoms with Gasteiger partial charge in [0.05, 0.1) is 6.04 Å². The van der Waals surface area contributed by atoms with Gasteiger partial charge in [0, 0.05) is 30.6 Å². The van der Waals surface area contributed by atoms with Crippen molar-refractivity contribution >= 4 is 0 Å². The molecule has 1 aliphatic carbocycles. The Hall–Kier alpha value is -0.980. The number of nitrogens with two attached hydrogens (primary N) is 1. The molecule has 0 aromatic heterocycles. The number of benzene rings is 1. The monoisotopic (exact) mass is 287 g/mol. The summed E-state index contributed by atoms with van der Waals surface area (Å²) in [4.78, 5) is 0. The lowest BCUT2D eigenvalue weighted by molar-refractivity contribution is 0.232. The summed E-state index contributed by atoms with van der Waals surface area (Å²) < 4.78 is 0. The van der Waals surface area contributed by atoms with E-state index in [4.69, 9.17) is 5.73 Å². The molecule has 6 N–H and O–H groups in total. The largest absolute Gasteiger partial charge is 0.328 e. The smallest absolute Gasteiger partial charge is 0.0518 e. The van der Waals surface area contributed by atoms with Crippen LogP contribution in [-0.4, -0.2) is 24.7 Å². The van der Waals surface area contributed by atoms with Crippen molar-refractivity contribution in [1.29, 1.82) is 0 Å². The van der Waals surface area contributed by atoms with Crippen LogP contribution < -0.4 is 27.4 Å². The summed E-state index contributed by atoms with van der Waals surface area (Å²) in [7, 11) is 0. The minimum Gasteiger partial charge on any atom is -0.328 e. The fourth-order valence-electron chi connectivity index (χ4n) is 4.39. The second kappa shape index (κ2) is 5.66. The number of nitrogens with one attached hydrogen (secondary N) is 4. The second-order valence-electron chi connectivity index (χ2n) is 6.74. The summed E-state index contributed by atoms with van der Waals surface area (Å²) in [6.07, 6.45) is 3.47. The van der Waals surface area contributed by atoms with Gasteiger partial charge in [-0.1, -0.05) is 30.3 Å². The molecule has 5 nitrogen and oxygen atoms in total. The third kappa shape index (κ3) is 2.49. The summed E-state index contributed by atoms with van der Waals surface area (Å²) in [6, 6.07) is 12.5. The van der Waals surface area contributed by atoms with Crippen LogP contribution in [0.15, 0.2) is 30.3 Å². The van der Waals surface area contributed by atoms with Gasteiger partial charge in [0.15, 0.2) is 0 Å². The van der Waals surface area contributed by atoms with Crippen molar-refractivity contribution in [2.75, 3.05) is 6.54 Å². The fourth-order valence-corrected chi connectivity index (χ4v) is 4.39. The summed E-state index contributed by atoms with van der Waals surface area (Å²) in [5.74, 6) is 1.19. The van der Waals surface area contributed by atoms with Crippen LogP contribution in [0.25, 0.3) is 0 Å². The molecule has 114 valence electrons. The van der Waals surface area contributed by atoms with Gasteiger partial charge in [-0.15, -0.1) is 0 Å². The molecule has 21 heavy (non-hydrogen) atoms. The number of hydrogen-bond donors (Lipinski definition) is 5. The first-order valence-electron chi connectivity index (χ1n) is 8.13. The Bertz CT molecular complexity index is 479. The zero-order valence-corrected chi connectivity index (χ0v) is 12.3. The second-order valence-corrected chi connectivity index (χ2v) is 6.74. The van der Waals surface area contributed by atoms with Gasteiger partial charge >= 0.3 is 0 Å². The molecule has 3 fully saturated rings. The van der Waals surface area contributed by atoms with E-state index in [-0.39, 0.29) is 0 Å². The maximum Gasteiger partial charge on any atom is 0.0518 e. The van der Waals surface area contributed by atoms with Crippen LogP contribution in [0.4, 0.5) is 0 Å². The molecule has 6 unspecified atom stereocenters. The SMILES string of the molecule is NC1CCC2NNC(C3CNNC3c3ccccc3)C2C1. The van der Waals surface area contributed by atoms with E-state index in [1.807, 2.05) is 0 Å². The van der Waals surface area contributed by atoms with E-state index in [0.29, 0.717) is 36.0 Å². The standard InChI is InChI=1S/C16H25N5/c17-11-6-7-14-12(8-11)16(21-19-14)13-9-18-20-15(13)10-4-2-1-3-5-10/h1-5,11-16,18-21H,6-9,17H2. The van der Waals surface area contributed by atoms with Crippen molar-refractivity contribution in [2.45, 2.75) is 43.4 Å². The average Bonchev–Trinajstić information content (AvgIpc) is 3.13. The first-order valence-corrected chi connectivity index (χ1v) is 8.13. The first kappa shape index (κ1) is 13.7. The topological polar surface area (TPSA) is 74.1 Å². The summed E-state index contributed by atoms with van der Waals surface area (Å²) in [5.41, 5.74) is 21.5. The van der Waals surface area contributed by atoms with Crippen LogP contribution in [0.2, 0.25) is 0 Å². The van der Waals surface area contributed by atoms with E-state index in [1.165, 1.54) is 12.0 Å². The molecule has 4 rings (SSSR count). The van der Waals surface area contributed by atoms with Crippen LogP contribution in [0.5, 0.6) is 0 Å². The third-order valence-electron chi connectivity index (χ3n) is 5.48. The van der Waals surface area contributed by atoms with Crippen molar-refractivity contribution in [3.05, 3.63) is 35.9 Å². The average molecular weight is 287 g/mol. The lowest BCUT2D eigenvalue weighted by Gasteiger charge is -2.34. The number of fused-ring (bicyclic) bond motifs is 1. The van der Waals surface area contributed by atoms with Crippen LogP contribution >= 0.6 is 0 Å². The van der Waals surface area contributed by atoms with E-state index in [9.17, 15) is 0 Å². The molecule has 0 radical (unpaired) electrons. The Balaban J connectivity index is 1.55.